The van der Waals surface area contributed by atoms with Crippen LogP contribution in [0.2, 0.25) is 0 Å². The van der Waals surface area contributed by atoms with Gasteiger partial charge in [-0.25, -0.2) is 0 Å². The minimum Gasteiger partial charge on any atom is -0.497 e. The number of ether oxygens (including phenoxy) is 1. The van der Waals surface area contributed by atoms with Crippen molar-refractivity contribution in [3.05, 3.63) is 102 Å². The Kier molecular flexibility index (Phi) is 6.44. The number of nitrogens with one attached hydrogen (secondary N) is 1. The van der Waals surface area contributed by atoms with E-state index in [1.165, 1.54) is 11.1 Å². The molecule has 0 spiro atoms. The van der Waals surface area contributed by atoms with Crippen LogP contribution in [0.1, 0.15) is 28.8 Å². The minimum atomic E-state index is -0.545. The van der Waals surface area contributed by atoms with Crippen LogP contribution in [0.3, 0.4) is 0 Å². The number of aromatic amines is 1. The number of rotatable bonds is 7. The molecular formula is C28H31N3O2. The molecule has 4 aromatic rings. The molecule has 5 nitrogen and oxygen atoms in total. The number of H-pyrrole nitrogens is 1. The second-order valence-corrected chi connectivity index (χ2v) is 8.73. The summed E-state index contributed by atoms with van der Waals surface area (Å²) < 4.78 is 5.37. The number of fused-ring (bicyclic) bond motifs is 1. The van der Waals surface area contributed by atoms with E-state index < -0.39 is 6.10 Å². The van der Waals surface area contributed by atoms with E-state index in [0.29, 0.717) is 6.54 Å². The molecule has 170 valence electrons. The zero-order chi connectivity index (χ0) is 22.6. The summed E-state index contributed by atoms with van der Waals surface area (Å²) in [7, 11) is 1.67. The first-order valence-corrected chi connectivity index (χ1v) is 11.6. The third-order valence-electron chi connectivity index (χ3n) is 6.71. The fourth-order valence-corrected chi connectivity index (χ4v) is 4.96. The summed E-state index contributed by atoms with van der Waals surface area (Å²) in [6.07, 6.45) is 1.38. The fraction of sp³-hybridized carbons (Fsp3) is 0.286. The smallest absolute Gasteiger partial charge is 0.119 e. The normalized spacial score (nSPS) is 16.3. The van der Waals surface area contributed by atoms with Gasteiger partial charge in [-0.1, -0.05) is 60.7 Å². The Bertz CT molecular complexity index is 1130. The second kappa shape index (κ2) is 9.79. The van der Waals surface area contributed by atoms with Crippen molar-refractivity contribution in [1.82, 2.24) is 14.8 Å². The van der Waals surface area contributed by atoms with Crippen molar-refractivity contribution in [3.8, 4) is 5.75 Å². The highest BCUT2D eigenvalue weighted by molar-refractivity contribution is 5.85. The third-order valence-corrected chi connectivity index (χ3v) is 6.71. The Morgan fingerprint density at radius 1 is 0.879 bits per heavy atom. The van der Waals surface area contributed by atoms with Gasteiger partial charge in [0.25, 0.3) is 0 Å². The number of methoxy groups -OCH3 is 1. The van der Waals surface area contributed by atoms with Crippen molar-refractivity contribution < 1.29 is 9.84 Å². The standard InChI is InChI=1S/C28H31N3O2/c1-33-23-12-13-26-24(18-23)25(19-29-26)27(32)20-30-14-16-31(17-15-30)28(21-8-4-2-5-9-21)22-10-6-3-7-11-22/h2-13,18-19,27-29,32H,14-17,20H2,1H3. The number of nitrogens with zero attached hydrogens (tertiary/aromatic N) is 2. The minimum absolute atomic E-state index is 0.251. The molecule has 3 aromatic carbocycles. The molecular weight excluding hydrogens is 410 g/mol. The number of β-amino-alcohol motifs (C(OH)–C–C–N with tert-alkyl or cyclic N) is 1. The molecule has 1 aromatic heterocycles. The van der Waals surface area contributed by atoms with E-state index in [9.17, 15) is 5.11 Å². The molecule has 0 radical (unpaired) electrons. The van der Waals surface area contributed by atoms with Gasteiger partial charge < -0.3 is 14.8 Å². The lowest BCUT2D eigenvalue weighted by Crippen LogP contribution is -2.48. The van der Waals surface area contributed by atoms with Crippen LogP contribution in [0.25, 0.3) is 10.9 Å². The van der Waals surface area contributed by atoms with Gasteiger partial charge in [-0.3, -0.25) is 9.80 Å². The lowest BCUT2D eigenvalue weighted by atomic mass is 9.96. The maximum atomic E-state index is 11.0. The molecule has 0 aliphatic carbocycles. The first-order chi connectivity index (χ1) is 16.2. The van der Waals surface area contributed by atoms with Gasteiger partial charge in [-0.15, -0.1) is 0 Å². The SMILES string of the molecule is COc1ccc2[nH]cc(C(O)CN3CCN(C(c4ccccc4)c4ccccc4)CC3)c2c1. The monoisotopic (exact) mass is 441 g/mol. The maximum Gasteiger partial charge on any atom is 0.119 e. The summed E-state index contributed by atoms with van der Waals surface area (Å²) in [5, 5.41) is 12.1. The third kappa shape index (κ3) is 4.67. The highest BCUT2D eigenvalue weighted by Gasteiger charge is 2.27. The van der Waals surface area contributed by atoms with Crippen LogP contribution in [-0.2, 0) is 0 Å². The van der Waals surface area contributed by atoms with Crippen LogP contribution in [0.15, 0.2) is 85.1 Å². The highest BCUT2D eigenvalue weighted by Crippen LogP contribution is 2.31. The summed E-state index contributed by atoms with van der Waals surface area (Å²) in [6, 6.07) is 27.7. The average Bonchev–Trinajstić information content (AvgIpc) is 3.30. The second-order valence-electron chi connectivity index (χ2n) is 8.73. The van der Waals surface area contributed by atoms with Crippen molar-refractivity contribution in [1.29, 1.82) is 0 Å². The number of aliphatic hydroxyl groups excluding tert-OH is 1. The Morgan fingerprint density at radius 3 is 2.12 bits per heavy atom. The van der Waals surface area contributed by atoms with Crippen LogP contribution in [0.4, 0.5) is 0 Å². The van der Waals surface area contributed by atoms with Gasteiger partial charge in [-0.2, -0.15) is 0 Å². The molecule has 2 N–H and O–H groups in total. The predicted octanol–water partition coefficient (Wildman–Crippen LogP) is 4.62. The van der Waals surface area contributed by atoms with E-state index in [2.05, 4.69) is 75.4 Å². The van der Waals surface area contributed by atoms with E-state index in [0.717, 1.165) is 48.4 Å². The summed E-state index contributed by atoms with van der Waals surface area (Å²) in [5.74, 6) is 0.803. The van der Waals surface area contributed by atoms with Crippen molar-refractivity contribution in [2.75, 3.05) is 39.8 Å². The summed E-state index contributed by atoms with van der Waals surface area (Å²) in [6.45, 7) is 4.41. The summed E-state index contributed by atoms with van der Waals surface area (Å²) in [4.78, 5) is 8.20. The maximum absolute atomic E-state index is 11.0. The number of hydrogen-bond donors (Lipinski definition) is 2. The van der Waals surface area contributed by atoms with Crippen LogP contribution in [0, 0.1) is 0 Å². The van der Waals surface area contributed by atoms with Crippen LogP contribution < -0.4 is 4.74 Å². The van der Waals surface area contributed by atoms with Crippen molar-refractivity contribution in [2.45, 2.75) is 12.1 Å². The molecule has 1 unspecified atom stereocenters. The van der Waals surface area contributed by atoms with E-state index in [1.807, 2.05) is 24.4 Å². The molecule has 5 rings (SSSR count). The zero-order valence-electron chi connectivity index (χ0n) is 19.0. The first-order valence-electron chi connectivity index (χ1n) is 11.6. The quantitative estimate of drug-likeness (QED) is 0.440. The lowest BCUT2D eigenvalue weighted by Gasteiger charge is -2.40. The van der Waals surface area contributed by atoms with Crippen LogP contribution in [0.5, 0.6) is 5.75 Å². The Balaban J connectivity index is 1.28. The first kappa shape index (κ1) is 21.7. The Morgan fingerprint density at radius 2 is 1.52 bits per heavy atom. The number of benzene rings is 3. The molecule has 1 atom stereocenters. The van der Waals surface area contributed by atoms with Crippen molar-refractivity contribution in [2.24, 2.45) is 0 Å². The van der Waals surface area contributed by atoms with E-state index in [4.69, 9.17) is 4.74 Å². The van der Waals surface area contributed by atoms with E-state index >= 15 is 0 Å². The van der Waals surface area contributed by atoms with Gasteiger partial charge in [0.05, 0.1) is 19.3 Å². The molecule has 1 saturated heterocycles. The van der Waals surface area contributed by atoms with Crippen LogP contribution in [-0.4, -0.2) is 59.7 Å². The molecule has 1 aliphatic rings. The highest BCUT2D eigenvalue weighted by atomic mass is 16.5. The predicted molar refractivity (Wildman–Crippen MR) is 133 cm³/mol. The van der Waals surface area contributed by atoms with Crippen molar-refractivity contribution >= 4 is 10.9 Å². The fourth-order valence-electron chi connectivity index (χ4n) is 4.96. The molecule has 0 amide bonds. The summed E-state index contributed by atoms with van der Waals surface area (Å²) >= 11 is 0. The van der Waals surface area contributed by atoms with Gasteiger partial charge in [0.2, 0.25) is 0 Å². The topological polar surface area (TPSA) is 51.7 Å². The Hall–Kier alpha value is -3.12. The number of aliphatic hydroxyl groups is 1. The van der Waals surface area contributed by atoms with Gasteiger partial charge in [0.15, 0.2) is 0 Å². The Labute approximate surface area is 195 Å². The summed E-state index contributed by atoms with van der Waals surface area (Å²) in [5.41, 5.74) is 4.59. The van der Waals surface area contributed by atoms with Gasteiger partial charge in [-0.05, 0) is 29.3 Å². The molecule has 1 fully saturated rings. The van der Waals surface area contributed by atoms with Crippen LogP contribution >= 0.6 is 0 Å². The zero-order valence-corrected chi connectivity index (χ0v) is 19.0. The number of hydrogen-bond acceptors (Lipinski definition) is 4. The lowest BCUT2D eigenvalue weighted by molar-refractivity contribution is 0.0628. The molecule has 2 heterocycles. The number of piperazine rings is 1. The van der Waals surface area contributed by atoms with Gasteiger partial charge in [0, 0.05) is 55.4 Å². The molecule has 33 heavy (non-hydrogen) atoms. The van der Waals surface area contributed by atoms with Gasteiger partial charge in [0.1, 0.15) is 5.75 Å². The molecule has 0 saturated carbocycles. The number of aromatic nitrogens is 1. The van der Waals surface area contributed by atoms with Gasteiger partial charge >= 0.3 is 0 Å². The average molecular weight is 442 g/mol. The molecule has 0 bridgehead atoms. The molecule has 1 aliphatic heterocycles. The largest absolute Gasteiger partial charge is 0.497 e. The molecule has 5 heteroatoms. The van der Waals surface area contributed by atoms with E-state index in [-0.39, 0.29) is 6.04 Å². The van der Waals surface area contributed by atoms with E-state index in [1.54, 1.807) is 7.11 Å². The van der Waals surface area contributed by atoms with Crippen molar-refractivity contribution in [3.63, 3.8) is 0 Å².